The van der Waals surface area contributed by atoms with Crippen LogP contribution in [0, 0.1) is 0 Å². The molecule has 1 aliphatic rings. The molecule has 6 nitrogen and oxygen atoms in total. The molecule has 1 aromatic rings. The predicted molar refractivity (Wildman–Crippen MR) is 92.5 cm³/mol. The Labute approximate surface area is 143 Å². The highest BCUT2D eigenvalue weighted by molar-refractivity contribution is 5.76. The zero-order chi connectivity index (χ0) is 17.4. The summed E-state index contributed by atoms with van der Waals surface area (Å²) in [4.78, 5) is 23.2. The first-order chi connectivity index (χ1) is 11.5. The maximum absolute atomic E-state index is 11.7. The lowest BCUT2D eigenvalue weighted by atomic mass is 9.87. The van der Waals surface area contributed by atoms with Crippen molar-refractivity contribution < 1.29 is 14.3 Å². The molecule has 0 aromatic heterocycles. The summed E-state index contributed by atoms with van der Waals surface area (Å²) in [6.07, 6.45) is 1.84. The van der Waals surface area contributed by atoms with Crippen molar-refractivity contribution >= 4 is 12.0 Å². The third-order valence-corrected chi connectivity index (χ3v) is 3.91. The Hall–Kier alpha value is -2.08. The number of ether oxygens (including phenoxy) is 1. The van der Waals surface area contributed by atoms with Crippen LogP contribution in [0.15, 0.2) is 30.3 Å². The predicted octanol–water partition coefficient (Wildman–Crippen LogP) is 1.95. The van der Waals surface area contributed by atoms with Gasteiger partial charge in [0.25, 0.3) is 0 Å². The van der Waals surface area contributed by atoms with Gasteiger partial charge in [0, 0.05) is 31.1 Å². The fourth-order valence-corrected chi connectivity index (χ4v) is 2.62. The van der Waals surface area contributed by atoms with Gasteiger partial charge in [-0.1, -0.05) is 30.3 Å². The molecule has 0 radical (unpaired) electrons. The van der Waals surface area contributed by atoms with Gasteiger partial charge in [-0.3, -0.25) is 4.79 Å². The summed E-state index contributed by atoms with van der Waals surface area (Å²) >= 11 is 0. The molecule has 1 aliphatic carbocycles. The van der Waals surface area contributed by atoms with Crippen LogP contribution in [-0.2, 0) is 16.1 Å². The first-order valence-electron chi connectivity index (χ1n) is 8.53. The smallest absolute Gasteiger partial charge is 0.407 e. The quantitative estimate of drug-likeness (QED) is 0.679. The van der Waals surface area contributed by atoms with E-state index in [4.69, 9.17) is 4.74 Å². The van der Waals surface area contributed by atoms with Crippen LogP contribution in [0.1, 0.15) is 38.7 Å². The Morgan fingerprint density at radius 3 is 2.54 bits per heavy atom. The van der Waals surface area contributed by atoms with Gasteiger partial charge < -0.3 is 20.7 Å². The zero-order valence-corrected chi connectivity index (χ0v) is 14.4. The van der Waals surface area contributed by atoms with Crippen LogP contribution in [0.25, 0.3) is 0 Å². The molecule has 1 saturated carbocycles. The van der Waals surface area contributed by atoms with Gasteiger partial charge in [0.15, 0.2) is 0 Å². The molecule has 0 saturated heterocycles. The van der Waals surface area contributed by atoms with Gasteiger partial charge in [0.05, 0.1) is 0 Å². The molecule has 3 N–H and O–H groups in total. The summed E-state index contributed by atoms with van der Waals surface area (Å²) in [5.41, 5.74) is 0.973. The third kappa shape index (κ3) is 6.58. The van der Waals surface area contributed by atoms with E-state index in [-0.39, 0.29) is 30.7 Å². The minimum atomic E-state index is -0.376. The van der Waals surface area contributed by atoms with E-state index in [0.717, 1.165) is 18.4 Å². The Balaban J connectivity index is 1.51. The molecule has 24 heavy (non-hydrogen) atoms. The van der Waals surface area contributed by atoms with Crippen molar-refractivity contribution in [2.75, 3.05) is 6.54 Å². The highest BCUT2D eigenvalue weighted by Crippen LogP contribution is 2.20. The fraction of sp³-hybridized carbons (Fsp3) is 0.556. The molecule has 132 valence electrons. The monoisotopic (exact) mass is 333 g/mol. The molecule has 2 amide bonds. The van der Waals surface area contributed by atoms with E-state index in [2.05, 4.69) is 16.0 Å². The summed E-state index contributed by atoms with van der Waals surface area (Å²) in [6.45, 7) is 4.84. The van der Waals surface area contributed by atoms with Crippen molar-refractivity contribution in [2.45, 2.75) is 57.8 Å². The number of carbonyl (C=O) groups excluding carboxylic acids is 2. The number of hydrogen-bond acceptors (Lipinski definition) is 4. The molecule has 1 aromatic carbocycles. The van der Waals surface area contributed by atoms with Crippen molar-refractivity contribution in [1.29, 1.82) is 0 Å². The molecular weight excluding hydrogens is 306 g/mol. The van der Waals surface area contributed by atoms with Gasteiger partial charge in [0.1, 0.15) is 6.61 Å². The van der Waals surface area contributed by atoms with Gasteiger partial charge in [-0.05, 0) is 32.3 Å². The normalized spacial score (nSPS) is 19.5. The maximum atomic E-state index is 11.7. The van der Waals surface area contributed by atoms with Crippen LogP contribution in [0.3, 0.4) is 0 Å². The Bertz CT molecular complexity index is 528. The molecule has 0 heterocycles. The lowest BCUT2D eigenvalue weighted by Gasteiger charge is -2.36. The van der Waals surface area contributed by atoms with Crippen LogP contribution < -0.4 is 16.0 Å². The van der Waals surface area contributed by atoms with Gasteiger partial charge in [0.2, 0.25) is 5.91 Å². The highest BCUT2D eigenvalue weighted by atomic mass is 16.5. The second-order valence-electron chi connectivity index (χ2n) is 6.50. The van der Waals surface area contributed by atoms with Gasteiger partial charge in [-0.2, -0.15) is 0 Å². The van der Waals surface area contributed by atoms with Crippen LogP contribution in [0.4, 0.5) is 4.79 Å². The van der Waals surface area contributed by atoms with Gasteiger partial charge in [-0.15, -0.1) is 0 Å². The van der Waals surface area contributed by atoms with E-state index in [1.807, 2.05) is 44.2 Å². The molecule has 0 aliphatic heterocycles. The summed E-state index contributed by atoms with van der Waals surface area (Å²) in [5, 5.41) is 9.06. The van der Waals surface area contributed by atoms with Crippen LogP contribution in [0.2, 0.25) is 0 Å². The SMILES string of the molecule is CC(C)NC(=O)CCNC1CC(NC(=O)OCc2ccccc2)C1. The van der Waals surface area contributed by atoms with E-state index >= 15 is 0 Å². The second-order valence-corrected chi connectivity index (χ2v) is 6.50. The Kier molecular flexibility index (Phi) is 7.06. The average Bonchev–Trinajstić information content (AvgIpc) is 2.50. The summed E-state index contributed by atoms with van der Waals surface area (Å²) < 4.78 is 5.20. The van der Waals surface area contributed by atoms with E-state index in [0.29, 0.717) is 19.0 Å². The summed E-state index contributed by atoms with van der Waals surface area (Å²) in [5.74, 6) is 0.0657. The van der Waals surface area contributed by atoms with Crippen molar-refractivity contribution in [1.82, 2.24) is 16.0 Å². The number of benzene rings is 1. The average molecular weight is 333 g/mol. The van der Waals surface area contributed by atoms with Crippen LogP contribution in [-0.4, -0.2) is 36.7 Å². The number of amides is 2. The topological polar surface area (TPSA) is 79.5 Å². The van der Waals surface area contributed by atoms with E-state index in [1.165, 1.54) is 0 Å². The van der Waals surface area contributed by atoms with E-state index < -0.39 is 0 Å². The second kappa shape index (κ2) is 9.27. The number of alkyl carbamates (subject to hydrolysis) is 1. The Morgan fingerprint density at radius 2 is 1.88 bits per heavy atom. The number of nitrogens with one attached hydrogen (secondary N) is 3. The molecule has 0 unspecified atom stereocenters. The minimum Gasteiger partial charge on any atom is -0.445 e. The third-order valence-electron chi connectivity index (χ3n) is 3.91. The standard InChI is InChI=1S/C18H27N3O3/c1-13(2)20-17(22)8-9-19-15-10-16(11-15)21-18(23)24-12-14-6-4-3-5-7-14/h3-7,13,15-16,19H,8-12H2,1-2H3,(H,20,22)(H,21,23). The molecule has 0 spiro atoms. The summed E-state index contributed by atoms with van der Waals surface area (Å²) in [6, 6.07) is 10.3. The van der Waals surface area contributed by atoms with Gasteiger partial charge >= 0.3 is 6.09 Å². The highest BCUT2D eigenvalue weighted by Gasteiger charge is 2.30. The van der Waals surface area contributed by atoms with Crippen molar-refractivity contribution in [2.24, 2.45) is 0 Å². The molecule has 0 bridgehead atoms. The first kappa shape index (κ1) is 18.3. The maximum Gasteiger partial charge on any atom is 0.407 e. The lowest BCUT2D eigenvalue weighted by Crippen LogP contribution is -2.52. The van der Waals surface area contributed by atoms with Crippen LogP contribution >= 0.6 is 0 Å². The molecule has 0 atom stereocenters. The van der Waals surface area contributed by atoms with Gasteiger partial charge in [-0.25, -0.2) is 4.79 Å². The lowest BCUT2D eigenvalue weighted by molar-refractivity contribution is -0.121. The molecule has 6 heteroatoms. The number of carbonyl (C=O) groups is 2. The molecule has 1 fully saturated rings. The fourth-order valence-electron chi connectivity index (χ4n) is 2.62. The van der Waals surface area contributed by atoms with Crippen molar-refractivity contribution in [3.63, 3.8) is 0 Å². The van der Waals surface area contributed by atoms with Crippen LogP contribution in [0.5, 0.6) is 0 Å². The minimum absolute atomic E-state index is 0.0657. The van der Waals surface area contributed by atoms with E-state index in [9.17, 15) is 9.59 Å². The number of rotatable bonds is 8. The molecule has 2 rings (SSSR count). The molecular formula is C18H27N3O3. The van der Waals surface area contributed by atoms with Crippen molar-refractivity contribution in [3.05, 3.63) is 35.9 Å². The zero-order valence-electron chi connectivity index (χ0n) is 14.4. The number of hydrogen-bond donors (Lipinski definition) is 3. The van der Waals surface area contributed by atoms with E-state index in [1.54, 1.807) is 0 Å². The van der Waals surface area contributed by atoms with Crippen molar-refractivity contribution in [3.8, 4) is 0 Å². The Morgan fingerprint density at radius 1 is 1.17 bits per heavy atom. The first-order valence-corrected chi connectivity index (χ1v) is 8.53. The largest absolute Gasteiger partial charge is 0.445 e. The summed E-state index contributed by atoms with van der Waals surface area (Å²) in [7, 11) is 0.